The van der Waals surface area contributed by atoms with E-state index in [1.54, 1.807) is 0 Å². The molecule has 0 spiro atoms. The quantitative estimate of drug-likeness (QED) is 0.701. The van der Waals surface area contributed by atoms with Crippen LogP contribution in [0, 0.1) is 0 Å². The maximum Gasteiger partial charge on any atom is 0.102 e. The van der Waals surface area contributed by atoms with Gasteiger partial charge in [0.2, 0.25) is 0 Å². The van der Waals surface area contributed by atoms with Gasteiger partial charge in [-0.1, -0.05) is 0 Å². The molecule has 1 saturated carbocycles. The predicted octanol–water partition coefficient (Wildman–Crippen LogP) is 3.70. The molecule has 0 radical (unpaired) electrons. The lowest BCUT2D eigenvalue weighted by Gasteiger charge is -2.31. The van der Waals surface area contributed by atoms with Gasteiger partial charge < -0.3 is 4.74 Å². The van der Waals surface area contributed by atoms with Crippen LogP contribution in [0.2, 0.25) is 0 Å². The highest BCUT2D eigenvalue weighted by atomic mass is 32.2. The van der Waals surface area contributed by atoms with Crippen LogP contribution in [0.1, 0.15) is 32.6 Å². The molecule has 0 aromatic heterocycles. The third-order valence-electron chi connectivity index (χ3n) is 2.97. The molecule has 0 bridgehead atoms. The van der Waals surface area contributed by atoms with E-state index in [1.807, 2.05) is 6.26 Å². The van der Waals surface area contributed by atoms with Crippen LogP contribution in [0.5, 0.6) is 0 Å². The monoisotopic (exact) mass is 244 g/mol. The molecule has 0 N–H and O–H groups in total. The van der Waals surface area contributed by atoms with Crippen molar-refractivity contribution in [2.75, 3.05) is 23.9 Å². The summed E-state index contributed by atoms with van der Waals surface area (Å²) in [6, 6.07) is 0. The summed E-state index contributed by atoms with van der Waals surface area (Å²) in [6.07, 6.45) is 7.28. The smallest absolute Gasteiger partial charge is 0.102 e. The highest BCUT2D eigenvalue weighted by Gasteiger charge is 2.28. The molecular formula is C12H20OS2. The Labute approximate surface area is 101 Å². The molecule has 15 heavy (non-hydrogen) atoms. The van der Waals surface area contributed by atoms with E-state index in [9.17, 15) is 0 Å². The van der Waals surface area contributed by atoms with Gasteiger partial charge in [-0.05, 0) is 38.2 Å². The molecule has 1 saturated heterocycles. The summed E-state index contributed by atoms with van der Waals surface area (Å²) in [5.74, 6) is 3.82. The molecule has 2 fully saturated rings. The van der Waals surface area contributed by atoms with Crippen molar-refractivity contribution in [2.45, 2.75) is 37.4 Å². The first-order chi connectivity index (χ1) is 7.29. The van der Waals surface area contributed by atoms with Crippen molar-refractivity contribution >= 4 is 23.5 Å². The minimum absolute atomic E-state index is 0.346. The topological polar surface area (TPSA) is 9.23 Å². The normalized spacial score (nSPS) is 31.7. The lowest BCUT2D eigenvalue weighted by Crippen LogP contribution is -2.33. The highest BCUT2D eigenvalue weighted by molar-refractivity contribution is 8.07. The Balaban J connectivity index is 1.74. The molecule has 0 aromatic rings. The number of hydrogen-bond donors (Lipinski definition) is 0. The zero-order chi connectivity index (χ0) is 10.6. The Morgan fingerprint density at radius 2 is 2.13 bits per heavy atom. The standard InChI is InChI=1S/C12H20OS2/c1-12(10-14-6-7-15-12)9-13-8-11-4-2-3-5-11/h8H,2-7,9-10H2,1H3. The zero-order valence-electron chi connectivity index (χ0n) is 9.46. The average Bonchev–Trinajstić information content (AvgIpc) is 2.71. The number of thioether (sulfide) groups is 2. The molecule has 2 aliphatic rings. The van der Waals surface area contributed by atoms with Crippen molar-refractivity contribution in [1.82, 2.24) is 0 Å². The number of rotatable bonds is 3. The molecule has 3 heteroatoms. The molecule has 1 aliphatic carbocycles. The third kappa shape index (κ3) is 3.63. The van der Waals surface area contributed by atoms with Crippen LogP contribution in [-0.2, 0) is 4.74 Å². The molecule has 1 atom stereocenters. The largest absolute Gasteiger partial charge is 0.500 e. The summed E-state index contributed by atoms with van der Waals surface area (Å²) in [6.45, 7) is 3.21. The van der Waals surface area contributed by atoms with Gasteiger partial charge in [-0.25, -0.2) is 0 Å². The maximum absolute atomic E-state index is 5.76. The van der Waals surface area contributed by atoms with E-state index >= 15 is 0 Å². The van der Waals surface area contributed by atoms with Gasteiger partial charge in [0, 0.05) is 17.3 Å². The Morgan fingerprint density at radius 1 is 1.33 bits per heavy atom. The van der Waals surface area contributed by atoms with E-state index in [0.29, 0.717) is 4.75 Å². The second-order valence-corrected chi connectivity index (χ2v) is 7.43. The van der Waals surface area contributed by atoms with Crippen LogP contribution in [0.15, 0.2) is 11.8 Å². The SMILES string of the molecule is CC1(COC=C2CCCC2)CSCCS1. The Morgan fingerprint density at radius 3 is 2.80 bits per heavy atom. The molecule has 1 nitrogen and oxygen atoms in total. The summed E-state index contributed by atoms with van der Waals surface area (Å²) in [5.41, 5.74) is 1.52. The molecule has 1 aliphatic heterocycles. The lowest BCUT2D eigenvalue weighted by atomic mass is 10.2. The molecule has 1 heterocycles. The number of allylic oxidation sites excluding steroid dienone is 1. The van der Waals surface area contributed by atoms with Crippen molar-refractivity contribution in [3.63, 3.8) is 0 Å². The van der Waals surface area contributed by atoms with Gasteiger partial charge in [-0.3, -0.25) is 0 Å². The van der Waals surface area contributed by atoms with Crippen molar-refractivity contribution in [3.8, 4) is 0 Å². The molecule has 86 valence electrons. The van der Waals surface area contributed by atoms with Gasteiger partial charge in [0.05, 0.1) is 11.0 Å². The Bertz CT molecular complexity index is 224. The van der Waals surface area contributed by atoms with Crippen LogP contribution in [0.3, 0.4) is 0 Å². The van der Waals surface area contributed by atoms with Crippen LogP contribution < -0.4 is 0 Å². The zero-order valence-corrected chi connectivity index (χ0v) is 11.1. The van der Waals surface area contributed by atoms with Crippen molar-refractivity contribution in [2.24, 2.45) is 0 Å². The fraction of sp³-hybridized carbons (Fsp3) is 0.833. The van der Waals surface area contributed by atoms with Gasteiger partial charge in [-0.2, -0.15) is 23.5 Å². The van der Waals surface area contributed by atoms with Crippen LogP contribution in [-0.4, -0.2) is 28.6 Å². The van der Waals surface area contributed by atoms with E-state index in [4.69, 9.17) is 4.74 Å². The van der Waals surface area contributed by atoms with Gasteiger partial charge in [-0.15, -0.1) is 0 Å². The predicted molar refractivity (Wildman–Crippen MR) is 70.7 cm³/mol. The summed E-state index contributed by atoms with van der Waals surface area (Å²) < 4.78 is 6.11. The minimum atomic E-state index is 0.346. The summed E-state index contributed by atoms with van der Waals surface area (Å²) in [5, 5.41) is 0. The molecule has 0 aromatic carbocycles. The van der Waals surface area contributed by atoms with Crippen molar-refractivity contribution in [3.05, 3.63) is 11.8 Å². The Kier molecular flexibility index (Phi) is 4.32. The Hall–Kier alpha value is 0.240. The molecule has 0 amide bonds. The second kappa shape index (κ2) is 5.53. The molecule has 2 rings (SSSR count). The van der Waals surface area contributed by atoms with Crippen molar-refractivity contribution < 1.29 is 4.74 Å². The third-order valence-corrected chi connectivity index (χ3v) is 6.11. The van der Waals surface area contributed by atoms with E-state index < -0.39 is 0 Å². The number of ether oxygens (including phenoxy) is 1. The van der Waals surface area contributed by atoms with Gasteiger partial charge in [0.15, 0.2) is 0 Å². The second-order valence-electron chi connectivity index (χ2n) is 4.65. The van der Waals surface area contributed by atoms with Gasteiger partial charge >= 0.3 is 0 Å². The summed E-state index contributed by atoms with van der Waals surface area (Å²) in [4.78, 5) is 0. The van der Waals surface area contributed by atoms with Crippen LogP contribution in [0.4, 0.5) is 0 Å². The van der Waals surface area contributed by atoms with Gasteiger partial charge in [0.25, 0.3) is 0 Å². The van der Waals surface area contributed by atoms with Crippen LogP contribution >= 0.6 is 23.5 Å². The maximum atomic E-state index is 5.76. The van der Waals surface area contributed by atoms with Crippen LogP contribution in [0.25, 0.3) is 0 Å². The summed E-state index contributed by atoms with van der Waals surface area (Å²) in [7, 11) is 0. The highest BCUT2D eigenvalue weighted by Crippen LogP contribution is 2.35. The fourth-order valence-corrected chi connectivity index (χ4v) is 4.73. The van der Waals surface area contributed by atoms with E-state index in [2.05, 4.69) is 30.4 Å². The van der Waals surface area contributed by atoms with Gasteiger partial charge in [0.1, 0.15) is 6.61 Å². The molecule has 1 unspecified atom stereocenters. The summed E-state index contributed by atoms with van der Waals surface area (Å²) >= 11 is 4.14. The minimum Gasteiger partial charge on any atom is -0.500 e. The molecular weight excluding hydrogens is 224 g/mol. The first kappa shape index (κ1) is 11.7. The first-order valence-electron chi connectivity index (χ1n) is 5.80. The average molecular weight is 244 g/mol. The van der Waals surface area contributed by atoms with E-state index in [1.165, 1.54) is 48.5 Å². The number of hydrogen-bond acceptors (Lipinski definition) is 3. The fourth-order valence-electron chi connectivity index (χ4n) is 2.04. The van der Waals surface area contributed by atoms with Crippen molar-refractivity contribution in [1.29, 1.82) is 0 Å². The first-order valence-corrected chi connectivity index (χ1v) is 7.94. The van der Waals surface area contributed by atoms with E-state index in [0.717, 1.165) is 6.61 Å². The van der Waals surface area contributed by atoms with E-state index in [-0.39, 0.29) is 0 Å². The lowest BCUT2D eigenvalue weighted by molar-refractivity contribution is 0.223.